The molecule has 0 fully saturated rings. The quantitative estimate of drug-likeness (QED) is 0.434. The Kier molecular flexibility index (Phi) is 4.62. The Hall–Kier alpha value is -0.800. The molecule has 0 aliphatic heterocycles. The Bertz CT molecular complexity index is 106. The second-order valence-corrected chi connectivity index (χ2v) is 2.14. The minimum atomic E-state index is -0.338. The molecule has 0 amide bonds. The Morgan fingerprint density at radius 3 is 2.40 bits per heavy atom. The lowest BCUT2D eigenvalue weighted by Crippen LogP contribution is -2.30. The number of hydrogen-bond donors (Lipinski definition) is 0. The Morgan fingerprint density at radius 1 is 1.50 bits per heavy atom. The summed E-state index contributed by atoms with van der Waals surface area (Å²) in [7, 11) is 0. The summed E-state index contributed by atoms with van der Waals surface area (Å²) in [4.78, 5) is 10.2. The minimum absolute atomic E-state index is 0.338. The van der Waals surface area contributed by atoms with E-state index in [0.717, 1.165) is 12.8 Å². The van der Waals surface area contributed by atoms with Crippen molar-refractivity contribution >= 4 is 0 Å². The number of hydrazine groups is 1. The maximum absolute atomic E-state index is 10.2. The van der Waals surface area contributed by atoms with E-state index in [1.165, 1.54) is 5.01 Å². The number of hydrogen-bond acceptors (Lipinski definition) is 2. The molecule has 0 aromatic rings. The SMILES string of the molecule is CCCCN(CC)[N+](=O)[O-]. The largest absolute Gasteiger partial charge is 0.235 e. The van der Waals surface area contributed by atoms with Crippen LogP contribution < -0.4 is 0 Å². The van der Waals surface area contributed by atoms with Crippen molar-refractivity contribution in [1.82, 2.24) is 5.01 Å². The summed E-state index contributed by atoms with van der Waals surface area (Å²) in [5.74, 6) is 0. The van der Waals surface area contributed by atoms with E-state index >= 15 is 0 Å². The molecule has 4 heteroatoms. The van der Waals surface area contributed by atoms with Crippen LogP contribution in [0.1, 0.15) is 26.7 Å². The van der Waals surface area contributed by atoms with Gasteiger partial charge in [-0.15, -0.1) is 5.01 Å². The van der Waals surface area contributed by atoms with Gasteiger partial charge in [0.05, 0.1) is 13.1 Å². The molecule has 0 saturated heterocycles. The molecule has 60 valence electrons. The minimum Gasteiger partial charge on any atom is -0.235 e. The van der Waals surface area contributed by atoms with E-state index in [9.17, 15) is 10.1 Å². The van der Waals surface area contributed by atoms with Crippen LogP contribution in [-0.2, 0) is 0 Å². The molecule has 0 radical (unpaired) electrons. The van der Waals surface area contributed by atoms with Crippen molar-refractivity contribution < 1.29 is 5.03 Å². The van der Waals surface area contributed by atoms with Gasteiger partial charge < -0.3 is 0 Å². The smallest absolute Gasteiger partial charge is 0.160 e. The molecule has 0 bridgehead atoms. The Morgan fingerprint density at radius 2 is 2.10 bits per heavy atom. The summed E-state index contributed by atoms with van der Waals surface area (Å²) >= 11 is 0. The van der Waals surface area contributed by atoms with Crippen molar-refractivity contribution in [2.24, 2.45) is 0 Å². The molecule has 0 aromatic heterocycles. The van der Waals surface area contributed by atoms with Gasteiger partial charge in [-0.2, -0.15) is 0 Å². The maximum Gasteiger partial charge on any atom is 0.160 e. The third kappa shape index (κ3) is 3.27. The fraction of sp³-hybridized carbons (Fsp3) is 1.00. The van der Waals surface area contributed by atoms with Crippen molar-refractivity contribution in [2.75, 3.05) is 13.1 Å². The van der Waals surface area contributed by atoms with Gasteiger partial charge in [0.1, 0.15) is 0 Å². The van der Waals surface area contributed by atoms with Crippen LogP contribution in [0.25, 0.3) is 0 Å². The van der Waals surface area contributed by atoms with Gasteiger partial charge in [-0.3, -0.25) is 0 Å². The van der Waals surface area contributed by atoms with E-state index in [2.05, 4.69) is 0 Å². The first-order valence-electron chi connectivity index (χ1n) is 3.61. The van der Waals surface area contributed by atoms with Crippen LogP contribution in [0.15, 0.2) is 0 Å². The molecule has 0 N–H and O–H groups in total. The van der Waals surface area contributed by atoms with Gasteiger partial charge in [0.2, 0.25) is 0 Å². The molecular weight excluding hydrogens is 132 g/mol. The normalized spacial score (nSPS) is 9.40. The number of rotatable bonds is 5. The lowest BCUT2D eigenvalue weighted by atomic mass is 10.3. The zero-order chi connectivity index (χ0) is 7.98. The van der Waals surface area contributed by atoms with E-state index in [4.69, 9.17) is 0 Å². The van der Waals surface area contributed by atoms with E-state index in [1.54, 1.807) is 6.92 Å². The fourth-order valence-electron chi connectivity index (χ4n) is 0.696. The first kappa shape index (κ1) is 9.20. The standard InChI is InChI=1S/C6H14N2O2/c1-3-5-6-7(4-2)8(9)10/h3-6H2,1-2H3. The third-order valence-corrected chi connectivity index (χ3v) is 1.37. The van der Waals surface area contributed by atoms with Gasteiger partial charge in [-0.05, 0) is 13.3 Å². The second-order valence-electron chi connectivity index (χ2n) is 2.14. The van der Waals surface area contributed by atoms with Gasteiger partial charge in [-0.1, -0.05) is 13.3 Å². The van der Waals surface area contributed by atoms with Crippen LogP contribution in [0.3, 0.4) is 0 Å². The van der Waals surface area contributed by atoms with E-state index in [1.807, 2.05) is 6.92 Å². The molecule has 0 heterocycles. The maximum atomic E-state index is 10.2. The first-order chi connectivity index (χ1) is 4.72. The molecule has 0 aliphatic carbocycles. The lowest BCUT2D eigenvalue weighted by molar-refractivity contribution is -0.654. The van der Waals surface area contributed by atoms with Gasteiger partial charge in [0.25, 0.3) is 0 Å². The Labute approximate surface area is 60.9 Å². The van der Waals surface area contributed by atoms with Crippen molar-refractivity contribution in [3.05, 3.63) is 10.1 Å². The first-order valence-corrected chi connectivity index (χ1v) is 3.61. The highest BCUT2D eigenvalue weighted by Gasteiger charge is 2.08. The predicted molar refractivity (Wildman–Crippen MR) is 39.1 cm³/mol. The summed E-state index contributed by atoms with van der Waals surface area (Å²) < 4.78 is 0. The van der Waals surface area contributed by atoms with Gasteiger partial charge >= 0.3 is 0 Å². The lowest BCUT2D eigenvalue weighted by Gasteiger charge is -2.09. The molecule has 0 atom stereocenters. The summed E-state index contributed by atoms with van der Waals surface area (Å²) in [6.45, 7) is 4.87. The molecule has 0 saturated carbocycles. The third-order valence-electron chi connectivity index (χ3n) is 1.37. The zero-order valence-electron chi connectivity index (χ0n) is 6.54. The number of nitro groups is 1. The van der Waals surface area contributed by atoms with Crippen molar-refractivity contribution in [3.8, 4) is 0 Å². The second kappa shape index (κ2) is 5.02. The number of unbranched alkanes of at least 4 members (excludes halogenated alkanes) is 1. The molecule has 4 nitrogen and oxygen atoms in total. The van der Waals surface area contributed by atoms with Crippen LogP contribution in [-0.4, -0.2) is 23.1 Å². The molecule has 0 rings (SSSR count). The van der Waals surface area contributed by atoms with Crippen LogP contribution in [0.2, 0.25) is 0 Å². The predicted octanol–water partition coefficient (Wildman–Crippen LogP) is 1.30. The zero-order valence-corrected chi connectivity index (χ0v) is 6.54. The van der Waals surface area contributed by atoms with Crippen LogP contribution >= 0.6 is 0 Å². The summed E-state index contributed by atoms with van der Waals surface area (Å²) in [6.07, 6.45) is 1.90. The highest BCUT2D eigenvalue weighted by atomic mass is 16.7. The van der Waals surface area contributed by atoms with Crippen LogP contribution in [0.5, 0.6) is 0 Å². The topological polar surface area (TPSA) is 46.4 Å². The fourth-order valence-corrected chi connectivity index (χ4v) is 0.696. The molecular formula is C6H14N2O2. The molecule has 0 spiro atoms. The Balaban J connectivity index is 3.50. The molecule has 0 unspecified atom stereocenters. The van der Waals surface area contributed by atoms with Crippen molar-refractivity contribution in [3.63, 3.8) is 0 Å². The van der Waals surface area contributed by atoms with E-state index < -0.39 is 0 Å². The summed E-state index contributed by atoms with van der Waals surface area (Å²) in [5.41, 5.74) is 0. The van der Waals surface area contributed by atoms with Gasteiger partial charge in [-0.25, -0.2) is 10.1 Å². The van der Waals surface area contributed by atoms with Crippen molar-refractivity contribution in [2.45, 2.75) is 26.7 Å². The van der Waals surface area contributed by atoms with Crippen LogP contribution in [0.4, 0.5) is 0 Å². The highest BCUT2D eigenvalue weighted by Crippen LogP contribution is 1.93. The highest BCUT2D eigenvalue weighted by molar-refractivity contribution is 4.40. The van der Waals surface area contributed by atoms with E-state index in [0.29, 0.717) is 13.1 Å². The summed E-state index contributed by atoms with van der Waals surface area (Å²) in [6, 6.07) is 0. The summed E-state index contributed by atoms with van der Waals surface area (Å²) in [5, 5.41) is 11.1. The molecule has 10 heavy (non-hydrogen) atoms. The average Bonchev–Trinajstić information content (AvgIpc) is 1.89. The van der Waals surface area contributed by atoms with E-state index in [-0.39, 0.29) is 5.03 Å². The molecule has 0 aliphatic rings. The van der Waals surface area contributed by atoms with Gasteiger partial charge in [0.15, 0.2) is 5.03 Å². The molecule has 0 aromatic carbocycles. The average molecular weight is 146 g/mol. The van der Waals surface area contributed by atoms with Crippen molar-refractivity contribution in [1.29, 1.82) is 0 Å². The van der Waals surface area contributed by atoms with Gasteiger partial charge in [0, 0.05) is 0 Å². The number of nitrogens with zero attached hydrogens (tertiary/aromatic N) is 2. The van der Waals surface area contributed by atoms with Crippen LogP contribution in [0, 0.1) is 10.1 Å². The monoisotopic (exact) mass is 146 g/mol.